The molecule has 1 amide bonds. The molecule has 1 aromatic rings. The van der Waals surface area contributed by atoms with Gasteiger partial charge in [-0.15, -0.1) is 0 Å². The van der Waals surface area contributed by atoms with E-state index in [0.717, 1.165) is 31.4 Å². The van der Waals surface area contributed by atoms with Crippen LogP contribution < -0.4 is 11.1 Å². The molecule has 0 bridgehead atoms. The van der Waals surface area contributed by atoms with Crippen LogP contribution in [0.5, 0.6) is 0 Å². The average Bonchev–Trinajstić information content (AvgIpc) is 2.80. The van der Waals surface area contributed by atoms with E-state index in [2.05, 4.69) is 5.32 Å². The van der Waals surface area contributed by atoms with E-state index in [0.29, 0.717) is 12.6 Å². The third-order valence-electron chi connectivity index (χ3n) is 3.68. The summed E-state index contributed by atoms with van der Waals surface area (Å²) in [5.74, 6) is -2.18. The molecule has 7 heteroatoms. The maximum absolute atomic E-state index is 13.8. The Morgan fingerprint density at radius 1 is 1.33 bits per heavy atom. The Bertz CT molecular complexity index is 530. The molecule has 0 aliphatic heterocycles. The van der Waals surface area contributed by atoms with Gasteiger partial charge in [0.25, 0.3) is 5.91 Å². The number of benzene rings is 1. The lowest BCUT2D eigenvalue weighted by atomic mass is 10.1. The number of hydrogen-bond acceptors (Lipinski definition) is 2. The number of rotatable bonds is 3. The second-order valence-electron chi connectivity index (χ2n) is 5.31. The summed E-state index contributed by atoms with van der Waals surface area (Å²) in [6.07, 6.45) is -2.35. The van der Waals surface area contributed by atoms with E-state index < -0.39 is 29.0 Å². The monoisotopic (exact) mass is 304 g/mol. The van der Waals surface area contributed by atoms with E-state index in [9.17, 15) is 22.4 Å². The molecule has 2 rings (SSSR count). The fourth-order valence-electron chi connectivity index (χ4n) is 2.56. The summed E-state index contributed by atoms with van der Waals surface area (Å²) in [6.45, 7) is 0.294. The Kier molecular flexibility index (Phi) is 4.51. The van der Waals surface area contributed by atoms with Gasteiger partial charge in [-0.05, 0) is 37.3 Å². The second-order valence-corrected chi connectivity index (χ2v) is 5.31. The van der Waals surface area contributed by atoms with Crippen molar-refractivity contribution in [2.24, 2.45) is 11.7 Å². The number of carbonyl (C=O) groups is 1. The highest BCUT2D eigenvalue weighted by atomic mass is 19.4. The maximum atomic E-state index is 13.8. The van der Waals surface area contributed by atoms with E-state index in [1.807, 2.05) is 0 Å². The lowest BCUT2D eigenvalue weighted by Gasteiger charge is -2.13. The molecule has 0 spiro atoms. The van der Waals surface area contributed by atoms with Gasteiger partial charge in [-0.25, -0.2) is 4.39 Å². The quantitative estimate of drug-likeness (QED) is 0.844. The molecular formula is C14H16F4N2O. The van der Waals surface area contributed by atoms with Gasteiger partial charge in [0.2, 0.25) is 0 Å². The van der Waals surface area contributed by atoms with Crippen LogP contribution in [0.3, 0.4) is 0 Å². The number of alkyl halides is 3. The van der Waals surface area contributed by atoms with Gasteiger partial charge in [0.05, 0.1) is 11.1 Å². The first-order valence-electron chi connectivity index (χ1n) is 6.68. The Hall–Kier alpha value is -1.63. The van der Waals surface area contributed by atoms with Crippen molar-refractivity contribution in [1.82, 2.24) is 5.32 Å². The molecule has 1 fully saturated rings. The minimum Gasteiger partial charge on any atom is -0.352 e. The second kappa shape index (κ2) is 6.01. The van der Waals surface area contributed by atoms with Gasteiger partial charge in [0.1, 0.15) is 5.82 Å². The summed E-state index contributed by atoms with van der Waals surface area (Å²) in [5, 5.41) is 2.48. The van der Waals surface area contributed by atoms with E-state index in [1.165, 1.54) is 0 Å². The summed E-state index contributed by atoms with van der Waals surface area (Å²) in [5.41, 5.74) is 3.71. The Morgan fingerprint density at radius 2 is 2.05 bits per heavy atom. The van der Waals surface area contributed by atoms with E-state index in [1.54, 1.807) is 0 Å². The molecule has 116 valence electrons. The van der Waals surface area contributed by atoms with Crippen LogP contribution in [0.25, 0.3) is 0 Å². The third-order valence-corrected chi connectivity index (χ3v) is 3.68. The zero-order valence-electron chi connectivity index (χ0n) is 11.2. The van der Waals surface area contributed by atoms with Crippen molar-refractivity contribution < 1.29 is 22.4 Å². The van der Waals surface area contributed by atoms with Gasteiger partial charge in [0.15, 0.2) is 0 Å². The average molecular weight is 304 g/mol. The zero-order chi connectivity index (χ0) is 15.6. The highest BCUT2D eigenvalue weighted by Crippen LogP contribution is 2.32. The number of carbonyl (C=O) groups excluding carboxylic acids is 1. The minimum atomic E-state index is -4.82. The van der Waals surface area contributed by atoms with Crippen LogP contribution in [0.4, 0.5) is 17.6 Å². The van der Waals surface area contributed by atoms with Crippen LogP contribution in [-0.4, -0.2) is 18.5 Å². The highest BCUT2D eigenvalue weighted by Gasteiger charge is 2.35. The molecule has 2 atom stereocenters. The largest absolute Gasteiger partial charge is 0.419 e. The predicted molar refractivity (Wildman–Crippen MR) is 69.1 cm³/mol. The van der Waals surface area contributed by atoms with Gasteiger partial charge in [-0.1, -0.05) is 6.07 Å². The SMILES string of the molecule is NC1CCC(CNC(=O)c2cccc(C(F)(F)F)c2F)C1. The van der Waals surface area contributed by atoms with Gasteiger partial charge in [0, 0.05) is 12.6 Å². The van der Waals surface area contributed by atoms with Crippen molar-refractivity contribution >= 4 is 5.91 Å². The van der Waals surface area contributed by atoms with E-state index in [4.69, 9.17) is 5.73 Å². The summed E-state index contributed by atoms with van der Waals surface area (Å²) in [6, 6.07) is 2.77. The van der Waals surface area contributed by atoms with Crippen molar-refractivity contribution in [3.63, 3.8) is 0 Å². The third kappa shape index (κ3) is 3.72. The Morgan fingerprint density at radius 3 is 2.62 bits per heavy atom. The molecule has 3 nitrogen and oxygen atoms in total. The first kappa shape index (κ1) is 15.8. The van der Waals surface area contributed by atoms with Gasteiger partial charge in [-0.2, -0.15) is 13.2 Å². The summed E-state index contributed by atoms with van der Waals surface area (Å²) in [4.78, 5) is 11.8. The zero-order valence-corrected chi connectivity index (χ0v) is 11.2. The lowest BCUT2D eigenvalue weighted by molar-refractivity contribution is -0.140. The van der Waals surface area contributed by atoms with Gasteiger partial charge >= 0.3 is 6.18 Å². The van der Waals surface area contributed by atoms with Crippen LogP contribution in [0.2, 0.25) is 0 Å². The fraction of sp³-hybridized carbons (Fsp3) is 0.500. The summed E-state index contributed by atoms with van der Waals surface area (Å²) < 4.78 is 51.5. The molecule has 0 heterocycles. The van der Waals surface area contributed by atoms with Crippen molar-refractivity contribution in [3.8, 4) is 0 Å². The Balaban J connectivity index is 2.06. The molecule has 21 heavy (non-hydrogen) atoms. The number of nitrogens with two attached hydrogens (primary N) is 1. The molecule has 2 unspecified atom stereocenters. The fourth-order valence-corrected chi connectivity index (χ4v) is 2.56. The van der Waals surface area contributed by atoms with Gasteiger partial charge in [-0.3, -0.25) is 4.79 Å². The minimum absolute atomic E-state index is 0.0946. The molecule has 0 saturated heterocycles. The predicted octanol–water partition coefficient (Wildman–Crippen LogP) is 2.70. The molecule has 1 aromatic carbocycles. The van der Waals surface area contributed by atoms with Gasteiger partial charge < -0.3 is 11.1 Å². The number of nitrogens with one attached hydrogen (secondary N) is 1. The standard InChI is InChI=1S/C14H16F4N2O/c15-12-10(2-1-3-11(12)14(16,17)18)13(21)20-7-8-4-5-9(19)6-8/h1-3,8-9H,4-7,19H2,(H,20,21). The first-order valence-corrected chi connectivity index (χ1v) is 6.68. The maximum Gasteiger partial charge on any atom is 0.419 e. The number of amides is 1. The van der Waals surface area contributed by atoms with Crippen LogP contribution in [0.15, 0.2) is 18.2 Å². The molecule has 1 aliphatic carbocycles. The smallest absolute Gasteiger partial charge is 0.352 e. The highest BCUT2D eigenvalue weighted by molar-refractivity contribution is 5.94. The molecule has 0 radical (unpaired) electrons. The first-order chi connectivity index (χ1) is 9.79. The lowest BCUT2D eigenvalue weighted by Crippen LogP contribution is -2.30. The molecular weight excluding hydrogens is 288 g/mol. The molecule has 1 saturated carbocycles. The molecule has 1 aliphatic rings. The summed E-state index contributed by atoms with van der Waals surface area (Å²) in [7, 11) is 0. The van der Waals surface area contributed by atoms with Crippen molar-refractivity contribution in [3.05, 3.63) is 35.1 Å². The van der Waals surface area contributed by atoms with Crippen molar-refractivity contribution in [2.75, 3.05) is 6.54 Å². The number of hydrogen-bond donors (Lipinski definition) is 2. The molecule has 3 N–H and O–H groups in total. The normalized spacial score (nSPS) is 22.3. The van der Waals surface area contributed by atoms with Crippen LogP contribution in [-0.2, 0) is 6.18 Å². The Labute approximate surface area is 119 Å². The topological polar surface area (TPSA) is 55.1 Å². The van der Waals surface area contributed by atoms with Crippen molar-refractivity contribution in [2.45, 2.75) is 31.5 Å². The van der Waals surface area contributed by atoms with Crippen molar-refractivity contribution in [1.29, 1.82) is 0 Å². The van der Waals surface area contributed by atoms with Crippen LogP contribution in [0.1, 0.15) is 35.2 Å². The number of halogens is 4. The van der Waals surface area contributed by atoms with E-state index >= 15 is 0 Å². The summed E-state index contributed by atoms with van der Waals surface area (Å²) >= 11 is 0. The van der Waals surface area contributed by atoms with Crippen LogP contribution >= 0.6 is 0 Å². The van der Waals surface area contributed by atoms with E-state index in [-0.39, 0.29) is 12.0 Å². The van der Waals surface area contributed by atoms with Crippen LogP contribution in [0, 0.1) is 11.7 Å². The molecule has 0 aromatic heterocycles.